The maximum atomic E-state index is 11.7. The summed E-state index contributed by atoms with van der Waals surface area (Å²) in [4.78, 5) is 12.9. The van der Waals surface area contributed by atoms with Gasteiger partial charge in [-0.15, -0.1) is 11.8 Å². The molecule has 1 fully saturated rings. The van der Waals surface area contributed by atoms with E-state index in [0.29, 0.717) is 18.8 Å². The Morgan fingerprint density at radius 3 is 2.69 bits per heavy atom. The highest BCUT2D eigenvalue weighted by molar-refractivity contribution is 8.01. The van der Waals surface area contributed by atoms with Gasteiger partial charge in [0.1, 0.15) is 4.75 Å². The van der Waals surface area contributed by atoms with Crippen LogP contribution in [-0.2, 0) is 9.53 Å². The highest BCUT2D eigenvalue weighted by Gasteiger charge is 2.52. The largest absolute Gasteiger partial charge is 0.376 e. The molecule has 3 heteroatoms. The Morgan fingerprint density at radius 1 is 1.44 bits per heavy atom. The van der Waals surface area contributed by atoms with Gasteiger partial charge in [0.2, 0.25) is 0 Å². The minimum Gasteiger partial charge on any atom is -0.376 e. The van der Waals surface area contributed by atoms with Crippen LogP contribution in [0.2, 0.25) is 0 Å². The number of hydrogen-bond acceptors (Lipinski definition) is 3. The van der Waals surface area contributed by atoms with E-state index >= 15 is 0 Å². The van der Waals surface area contributed by atoms with Crippen molar-refractivity contribution >= 4 is 17.5 Å². The van der Waals surface area contributed by atoms with Gasteiger partial charge in [0.05, 0.1) is 6.10 Å². The number of rotatable bonds is 4. The maximum absolute atomic E-state index is 11.7. The highest BCUT2D eigenvalue weighted by atomic mass is 32.2. The molecule has 1 aromatic carbocycles. The van der Waals surface area contributed by atoms with Crippen LogP contribution in [0, 0.1) is 0 Å². The van der Waals surface area contributed by atoms with Gasteiger partial charge in [-0.25, -0.2) is 0 Å². The summed E-state index contributed by atoms with van der Waals surface area (Å²) in [5.74, 6) is 0.291. The molecule has 0 aromatic heterocycles. The number of ketones is 1. The fourth-order valence-electron chi connectivity index (χ4n) is 1.89. The van der Waals surface area contributed by atoms with Crippen molar-refractivity contribution in [3.8, 4) is 0 Å². The number of thioether (sulfide) groups is 1. The van der Waals surface area contributed by atoms with Crippen LogP contribution in [0.4, 0.5) is 0 Å². The fourth-order valence-corrected chi connectivity index (χ4v) is 3.15. The van der Waals surface area contributed by atoms with Crippen molar-refractivity contribution in [1.82, 2.24) is 0 Å². The normalized spacial score (nSPS) is 28.9. The van der Waals surface area contributed by atoms with Gasteiger partial charge in [-0.3, -0.25) is 4.79 Å². The van der Waals surface area contributed by atoms with Gasteiger partial charge in [-0.05, 0) is 26.0 Å². The lowest BCUT2D eigenvalue weighted by atomic mass is 9.80. The molecule has 0 radical (unpaired) electrons. The summed E-state index contributed by atoms with van der Waals surface area (Å²) < 4.78 is 5.20. The van der Waals surface area contributed by atoms with Gasteiger partial charge in [-0.2, -0.15) is 0 Å². The van der Waals surface area contributed by atoms with Crippen LogP contribution < -0.4 is 0 Å². The molecule has 0 aliphatic heterocycles. The first kappa shape index (κ1) is 11.7. The van der Waals surface area contributed by atoms with Crippen molar-refractivity contribution in [3.05, 3.63) is 30.3 Å². The molecular weight excluding hydrogens is 220 g/mol. The van der Waals surface area contributed by atoms with E-state index in [1.54, 1.807) is 11.8 Å². The molecule has 0 unspecified atom stereocenters. The SMILES string of the molecule is CCO[C@@H]1CC(=O)[C@@]1(C)Sc1ccccc1. The van der Waals surface area contributed by atoms with Gasteiger partial charge >= 0.3 is 0 Å². The summed E-state index contributed by atoms with van der Waals surface area (Å²) in [6, 6.07) is 10.0. The van der Waals surface area contributed by atoms with E-state index in [1.807, 2.05) is 44.2 Å². The van der Waals surface area contributed by atoms with Crippen LogP contribution in [0.25, 0.3) is 0 Å². The van der Waals surface area contributed by atoms with Crippen molar-refractivity contribution in [1.29, 1.82) is 0 Å². The van der Waals surface area contributed by atoms with Crippen LogP contribution in [0.15, 0.2) is 35.2 Å². The molecule has 0 amide bonds. The second kappa shape index (κ2) is 4.60. The fraction of sp³-hybridized carbons (Fsp3) is 0.462. The predicted molar refractivity (Wildman–Crippen MR) is 65.7 cm³/mol. The lowest BCUT2D eigenvalue weighted by molar-refractivity contribution is -0.139. The van der Waals surface area contributed by atoms with Crippen LogP contribution >= 0.6 is 11.8 Å². The van der Waals surface area contributed by atoms with Gasteiger partial charge < -0.3 is 4.74 Å². The quantitative estimate of drug-likeness (QED) is 0.804. The molecule has 1 aromatic rings. The average molecular weight is 236 g/mol. The van der Waals surface area contributed by atoms with Crippen LogP contribution in [0.5, 0.6) is 0 Å². The second-order valence-electron chi connectivity index (χ2n) is 4.09. The van der Waals surface area contributed by atoms with E-state index in [9.17, 15) is 4.79 Å². The molecular formula is C13H16O2S. The van der Waals surface area contributed by atoms with Crippen molar-refractivity contribution in [3.63, 3.8) is 0 Å². The van der Waals surface area contributed by atoms with Crippen molar-refractivity contribution in [2.75, 3.05) is 6.61 Å². The van der Waals surface area contributed by atoms with Crippen LogP contribution in [-0.4, -0.2) is 23.2 Å². The highest BCUT2D eigenvalue weighted by Crippen LogP contribution is 2.46. The Balaban J connectivity index is 2.10. The van der Waals surface area contributed by atoms with Gasteiger partial charge in [0.15, 0.2) is 5.78 Å². The number of hydrogen-bond donors (Lipinski definition) is 0. The molecule has 1 aliphatic carbocycles. The van der Waals surface area contributed by atoms with Gasteiger partial charge in [-0.1, -0.05) is 18.2 Å². The lowest BCUT2D eigenvalue weighted by Crippen LogP contribution is -2.56. The van der Waals surface area contributed by atoms with Crippen molar-refractivity contribution < 1.29 is 9.53 Å². The molecule has 2 nitrogen and oxygen atoms in total. The zero-order valence-corrected chi connectivity index (χ0v) is 10.4. The zero-order valence-electron chi connectivity index (χ0n) is 9.60. The summed E-state index contributed by atoms with van der Waals surface area (Å²) in [6.07, 6.45) is 0.625. The van der Waals surface area contributed by atoms with Crippen LogP contribution in [0.1, 0.15) is 20.3 Å². The molecule has 1 aliphatic rings. The smallest absolute Gasteiger partial charge is 0.154 e. The molecule has 86 valence electrons. The molecule has 2 atom stereocenters. The molecule has 2 rings (SSSR count). The zero-order chi connectivity index (χ0) is 11.6. The first-order valence-corrected chi connectivity index (χ1v) is 6.37. The predicted octanol–water partition coefficient (Wildman–Crippen LogP) is 2.92. The van der Waals surface area contributed by atoms with Crippen LogP contribution in [0.3, 0.4) is 0 Å². The molecule has 0 N–H and O–H groups in total. The van der Waals surface area contributed by atoms with Crippen molar-refractivity contribution in [2.24, 2.45) is 0 Å². The van der Waals surface area contributed by atoms with Gasteiger partial charge in [0, 0.05) is 17.9 Å². The third kappa shape index (κ3) is 2.02. The van der Waals surface area contributed by atoms with E-state index < -0.39 is 4.75 Å². The Labute approximate surface area is 100 Å². The Bertz CT molecular complexity index is 377. The van der Waals surface area contributed by atoms with E-state index in [0.717, 1.165) is 4.90 Å². The van der Waals surface area contributed by atoms with E-state index in [-0.39, 0.29) is 6.10 Å². The van der Waals surface area contributed by atoms with E-state index in [4.69, 9.17) is 4.74 Å². The third-order valence-corrected chi connectivity index (χ3v) is 4.40. The molecule has 16 heavy (non-hydrogen) atoms. The van der Waals surface area contributed by atoms with E-state index in [1.165, 1.54) is 0 Å². The summed E-state index contributed by atoms with van der Waals surface area (Å²) in [6.45, 7) is 4.62. The molecule has 0 heterocycles. The molecule has 0 bridgehead atoms. The summed E-state index contributed by atoms with van der Waals surface area (Å²) in [5, 5.41) is 0. The summed E-state index contributed by atoms with van der Waals surface area (Å²) in [7, 11) is 0. The monoisotopic (exact) mass is 236 g/mol. The lowest BCUT2D eigenvalue weighted by Gasteiger charge is -2.43. The first-order chi connectivity index (χ1) is 7.66. The minimum atomic E-state index is -0.392. The van der Waals surface area contributed by atoms with Gasteiger partial charge in [0.25, 0.3) is 0 Å². The molecule has 0 saturated heterocycles. The Kier molecular flexibility index (Phi) is 3.36. The first-order valence-electron chi connectivity index (χ1n) is 5.56. The molecule has 0 spiro atoms. The minimum absolute atomic E-state index is 0.0650. The molecule has 1 saturated carbocycles. The number of Topliss-reactive ketones (excluding diaryl/α,β-unsaturated/α-hetero) is 1. The standard InChI is InChI=1S/C13H16O2S/c1-3-15-12-9-11(14)13(12,2)16-10-7-5-4-6-8-10/h4-8,12H,3,9H2,1-2H3/t12-,13-/m1/s1. The Hall–Kier alpha value is -0.800. The summed E-state index contributed by atoms with van der Waals surface area (Å²) >= 11 is 1.61. The number of carbonyl (C=O) groups excluding carboxylic acids is 1. The topological polar surface area (TPSA) is 26.3 Å². The number of carbonyl (C=O) groups is 1. The Morgan fingerprint density at radius 2 is 2.12 bits per heavy atom. The summed E-state index contributed by atoms with van der Waals surface area (Å²) in [5.41, 5.74) is 0. The number of benzene rings is 1. The number of ether oxygens (including phenoxy) is 1. The van der Waals surface area contributed by atoms with E-state index in [2.05, 4.69) is 0 Å². The van der Waals surface area contributed by atoms with Crippen molar-refractivity contribution in [2.45, 2.75) is 36.0 Å². The third-order valence-electron chi connectivity index (χ3n) is 2.98. The average Bonchev–Trinajstić information content (AvgIpc) is 2.30. The second-order valence-corrected chi connectivity index (χ2v) is 5.62. The maximum Gasteiger partial charge on any atom is 0.154 e.